The highest BCUT2D eigenvalue weighted by atomic mass is 16.3. The van der Waals surface area contributed by atoms with E-state index in [4.69, 9.17) is 0 Å². The van der Waals surface area contributed by atoms with E-state index >= 15 is 0 Å². The molecule has 1 aliphatic rings. The zero-order valence-corrected chi connectivity index (χ0v) is 10.2. The highest BCUT2D eigenvalue weighted by Gasteiger charge is 2.18. The molecule has 90 valence electrons. The van der Waals surface area contributed by atoms with Gasteiger partial charge in [-0.25, -0.2) is 0 Å². The maximum atomic E-state index is 9.91. The van der Waals surface area contributed by atoms with E-state index in [2.05, 4.69) is 29.6 Å². The predicted molar refractivity (Wildman–Crippen MR) is 74.7 cm³/mol. The van der Waals surface area contributed by atoms with E-state index in [1.807, 2.05) is 31.2 Å². The molecular weight excluding hydrogens is 222 g/mol. The van der Waals surface area contributed by atoms with E-state index in [0.29, 0.717) is 5.75 Å². The molecule has 0 amide bonds. The molecule has 1 atom stereocenters. The third-order valence-corrected chi connectivity index (χ3v) is 3.35. The number of para-hydroxylation sites is 1. The topological polar surface area (TPSA) is 32.3 Å². The van der Waals surface area contributed by atoms with Gasteiger partial charge in [0.05, 0.1) is 11.7 Å². The maximum absolute atomic E-state index is 9.91. The van der Waals surface area contributed by atoms with E-state index in [-0.39, 0.29) is 6.04 Å². The van der Waals surface area contributed by atoms with Crippen LogP contribution in [0.3, 0.4) is 0 Å². The van der Waals surface area contributed by atoms with Gasteiger partial charge in [0.15, 0.2) is 0 Å². The number of anilines is 1. The molecule has 2 aromatic rings. The number of hydrogen-bond donors (Lipinski definition) is 2. The molecule has 0 radical (unpaired) electrons. The Bertz CT molecular complexity index is 596. The monoisotopic (exact) mass is 237 g/mol. The Morgan fingerprint density at radius 2 is 1.89 bits per heavy atom. The lowest BCUT2D eigenvalue weighted by molar-refractivity contribution is 0.476. The SMILES string of the molecule is Cc1cccc(O)c1NC1C=Cc2ccccc21. The van der Waals surface area contributed by atoms with Crippen molar-refractivity contribution in [1.29, 1.82) is 0 Å². The van der Waals surface area contributed by atoms with Gasteiger partial charge in [0.2, 0.25) is 0 Å². The summed E-state index contributed by atoms with van der Waals surface area (Å²) in [6.07, 6.45) is 4.23. The van der Waals surface area contributed by atoms with Gasteiger partial charge in [-0.15, -0.1) is 0 Å². The fourth-order valence-electron chi connectivity index (χ4n) is 2.37. The molecule has 0 bridgehead atoms. The van der Waals surface area contributed by atoms with Crippen LogP contribution in [-0.2, 0) is 0 Å². The largest absolute Gasteiger partial charge is 0.506 e. The second-order valence-corrected chi connectivity index (χ2v) is 4.58. The Hall–Kier alpha value is -2.22. The van der Waals surface area contributed by atoms with Gasteiger partial charge in [0.25, 0.3) is 0 Å². The first kappa shape index (κ1) is 10.9. The Kier molecular flexibility index (Phi) is 2.56. The van der Waals surface area contributed by atoms with Gasteiger partial charge in [-0.1, -0.05) is 48.6 Å². The third kappa shape index (κ3) is 1.76. The summed E-state index contributed by atoms with van der Waals surface area (Å²) in [5.41, 5.74) is 4.35. The minimum atomic E-state index is 0.133. The van der Waals surface area contributed by atoms with E-state index in [1.165, 1.54) is 11.1 Å². The van der Waals surface area contributed by atoms with Crippen LogP contribution in [0.4, 0.5) is 5.69 Å². The van der Waals surface area contributed by atoms with Gasteiger partial charge in [0.1, 0.15) is 5.75 Å². The van der Waals surface area contributed by atoms with Crippen LogP contribution in [0.1, 0.15) is 22.7 Å². The standard InChI is InChI=1S/C16H15NO/c1-11-5-4-8-15(18)16(11)17-14-10-9-12-6-2-3-7-13(12)14/h2-10,14,17-18H,1H3. The van der Waals surface area contributed by atoms with Crippen molar-refractivity contribution in [3.63, 3.8) is 0 Å². The average molecular weight is 237 g/mol. The highest BCUT2D eigenvalue weighted by Crippen LogP contribution is 2.35. The van der Waals surface area contributed by atoms with Crippen LogP contribution in [0.25, 0.3) is 6.08 Å². The van der Waals surface area contributed by atoms with Gasteiger partial charge in [-0.2, -0.15) is 0 Å². The number of fused-ring (bicyclic) bond motifs is 1. The van der Waals surface area contributed by atoms with Gasteiger partial charge in [0, 0.05) is 0 Å². The maximum Gasteiger partial charge on any atom is 0.138 e. The van der Waals surface area contributed by atoms with Crippen molar-refractivity contribution in [2.75, 3.05) is 5.32 Å². The summed E-state index contributed by atoms with van der Waals surface area (Å²) in [7, 11) is 0. The van der Waals surface area contributed by atoms with Crippen molar-refractivity contribution < 1.29 is 5.11 Å². The predicted octanol–water partition coefficient (Wildman–Crippen LogP) is 3.88. The number of nitrogens with one attached hydrogen (secondary N) is 1. The van der Waals surface area contributed by atoms with Crippen molar-refractivity contribution in [1.82, 2.24) is 0 Å². The van der Waals surface area contributed by atoms with E-state index in [0.717, 1.165) is 11.3 Å². The quantitative estimate of drug-likeness (QED) is 0.777. The summed E-state index contributed by atoms with van der Waals surface area (Å²) in [6.45, 7) is 1.99. The number of rotatable bonds is 2. The molecule has 0 saturated carbocycles. The molecular formula is C16H15NO. The molecule has 0 aliphatic heterocycles. The van der Waals surface area contributed by atoms with Gasteiger partial charge in [-0.3, -0.25) is 0 Å². The Labute approximate surface area is 107 Å². The van der Waals surface area contributed by atoms with Crippen LogP contribution in [-0.4, -0.2) is 5.11 Å². The second-order valence-electron chi connectivity index (χ2n) is 4.58. The van der Waals surface area contributed by atoms with Crippen molar-refractivity contribution in [3.05, 3.63) is 65.2 Å². The summed E-state index contributed by atoms with van der Waals surface area (Å²) in [6, 6.07) is 14.0. The molecule has 1 unspecified atom stereocenters. The summed E-state index contributed by atoms with van der Waals surface area (Å²) < 4.78 is 0. The Morgan fingerprint density at radius 3 is 2.72 bits per heavy atom. The average Bonchev–Trinajstić information content (AvgIpc) is 2.77. The minimum absolute atomic E-state index is 0.133. The van der Waals surface area contributed by atoms with Crippen LogP contribution in [0.15, 0.2) is 48.5 Å². The molecule has 0 fully saturated rings. The normalized spacial score (nSPS) is 16.6. The van der Waals surface area contributed by atoms with Crippen LogP contribution >= 0.6 is 0 Å². The molecule has 0 aromatic heterocycles. The number of hydrogen-bond acceptors (Lipinski definition) is 2. The van der Waals surface area contributed by atoms with Crippen molar-refractivity contribution in [2.24, 2.45) is 0 Å². The van der Waals surface area contributed by atoms with Crippen LogP contribution in [0.5, 0.6) is 5.75 Å². The number of phenolic OH excluding ortho intramolecular Hbond substituents is 1. The van der Waals surface area contributed by atoms with E-state index in [1.54, 1.807) is 6.07 Å². The lowest BCUT2D eigenvalue weighted by Gasteiger charge is -2.17. The molecule has 1 aliphatic carbocycles. The fraction of sp³-hybridized carbons (Fsp3) is 0.125. The fourth-order valence-corrected chi connectivity index (χ4v) is 2.37. The first-order valence-corrected chi connectivity index (χ1v) is 6.08. The lowest BCUT2D eigenvalue weighted by atomic mass is 10.1. The van der Waals surface area contributed by atoms with Crippen LogP contribution < -0.4 is 5.32 Å². The summed E-state index contributed by atoms with van der Waals surface area (Å²) in [5, 5.41) is 13.3. The smallest absolute Gasteiger partial charge is 0.138 e. The van der Waals surface area contributed by atoms with Crippen molar-refractivity contribution in [3.8, 4) is 5.75 Å². The molecule has 2 heteroatoms. The first-order valence-electron chi connectivity index (χ1n) is 6.08. The van der Waals surface area contributed by atoms with Gasteiger partial charge >= 0.3 is 0 Å². The molecule has 2 N–H and O–H groups in total. The highest BCUT2D eigenvalue weighted by molar-refractivity contribution is 5.68. The summed E-state index contributed by atoms with van der Waals surface area (Å²) in [4.78, 5) is 0. The zero-order valence-electron chi connectivity index (χ0n) is 10.2. The van der Waals surface area contributed by atoms with E-state index < -0.39 is 0 Å². The molecule has 0 saturated heterocycles. The summed E-state index contributed by atoms with van der Waals surface area (Å²) >= 11 is 0. The Morgan fingerprint density at radius 1 is 1.06 bits per heavy atom. The number of phenols is 1. The number of aryl methyl sites for hydroxylation is 1. The molecule has 2 aromatic carbocycles. The molecule has 0 heterocycles. The van der Waals surface area contributed by atoms with Crippen molar-refractivity contribution >= 4 is 11.8 Å². The van der Waals surface area contributed by atoms with Gasteiger partial charge < -0.3 is 10.4 Å². The number of aromatic hydroxyl groups is 1. The minimum Gasteiger partial charge on any atom is -0.506 e. The van der Waals surface area contributed by atoms with Crippen LogP contribution in [0.2, 0.25) is 0 Å². The molecule has 18 heavy (non-hydrogen) atoms. The molecule has 2 nitrogen and oxygen atoms in total. The van der Waals surface area contributed by atoms with Crippen LogP contribution in [0, 0.1) is 6.92 Å². The Balaban J connectivity index is 1.94. The zero-order chi connectivity index (χ0) is 12.5. The lowest BCUT2D eigenvalue weighted by Crippen LogP contribution is -2.07. The third-order valence-electron chi connectivity index (χ3n) is 3.35. The summed E-state index contributed by atoms with van der Waals surface area (Å²) in [5.74, 6) is 0.299. The molecule has 0 spiro atoms. The van der Waals surface area contributed by atoms with Gasteiger partial charge in [-0.05, 0) is 29.7 Å². The number of benzene rings is 2. The molecule has 3 rings (SSSR count). The second kappa shape index (κ2) is 4.22. The van der Waals surface area contributed by atoms with E-state index in [9.17, 15) is 5.11 Å². The first-order chi connectivity index (χ1) is 8.75. The van der Waals surface area contributed by atoms with Crippen molar-refractivity contribution in [2.45, 2.75) is 13.0 Å².